The molecule has 0 amide bonds. The van der Waals surface area contributed by atoms with Crippen LogP contribution in [-0.2, 0) is 4.74 Å². The molecule has 9 heteroatoms. The molecule has 35 heavy (non-hydrogen) atoms. The van der Waals surface area contributed by atoms with E-state index in [1.54, 1.807) is 6.20 Å². The molecule has 7 heterocycles. The molecule has 0 saturated carbocycles. The summed E-state index contributed by atoms with van der Waals surface area (Å²) in [6, 6.07) is 9.90. The Hall–Kier alpha value is -3.30. The molecule has 9 nitrogen and oxygen atoms in total. The van der Waals surface area contributed by atoms with E-state index in [9.17, 15) is 0 Å². The van der Waals surface area contributed by atoms with Gasteiger partial charge in [-0.25, -0.2) is 19.9 Å². The molecule has 4 bridgehead atoms. The first-order chi connectivity index (χ1) is 17.1. The van der Waals surface area contributed by atoms with Crippen LogP contribution in [0.3, 0.4) is 0 Å². The molecule has 4 saturated heterocycles. The first-order valence-corrected chi connectivity index (χ1v) is 12.5. The minimum Gasteiger partial charge on any atom is -0.374 e. The number of pyridine rings is 2. The summed E-state index contributed by atoms with van der Waals surface area (Å²) in [5, 5.41) is 3.33. The number of anilines is 4. The number of likely N-dealkylation sites (N-methyl/N-ethyl adjacent to an activating group) is 1. The zero-order chi connectivity index (χ0) is 23.5. The van der Waals surface area contributed by atoms with E-state index in [1.807, 2.05) is 18.5 Å². The molecule has 4 atom stereocenters. The van der Waals surface area contributed by atoms with Crippen LogP contribution in [0.5, 0.6) is 0 Å². The van der Waals surface area contributed by atoms with Gasteiger partial charge in [0.15, 0.2) is 0 Å². The maximum Gasteiger partial charge on any atom is 0.227 e. The molecular formula is C26H30N8O. The highest BCUT2D eigenvalue weighted by Crippen LogP contribution is 2.35. The van der Waals surface area contributed by atoms with Gasteiger partial charge in [-0.15, -0.1) is 0 Å². The molecule has 1 N–H and O–H groups in total. The van der Waals surface area contributed by atoms with Gasteiger partial charge in [0.1, 0.15) is 11.6 Å². The summed E-state index contributed by atoms with van der Waals surface area (Å²) >= 11 is 0. The van der Waals surface area contributed by atoms with Crippen LogP contribution in [0.25, 0.3) is 11.3 Å². The number of aryl methyl sites for hydroxylation is 1. The highest BCUT2D eigenvalue weighted by Gasteiger charge is 2.42. The van der Waals surface area contributed by atoms with Crippen molar-refractivity contribution in [3.8, 4) is 11.3 Å². The lowest BCUT2D eigenvalue weighted by Gasteiger charge is -2.33. The van der Waals surface area contributed by atoms with E-state index in [1.165, 1.54) is 12.0 Å². The number of fused-ring (bicyclic) bond motifs is 4. The topological polar surface area (TPSA) is 82.5 Å². The van der Waals surface area contributed by atoms with Gasteiger partial charge in [-0.3, -0.25) is 4.90 Å². The monoisotopic (exact) mass is 470 g/mol. The molecule has 3 aromatic heterocycles. The zero-order valence-corrected chi connectivity index (χ0v) is 20.1. The zero-order valence-electron chi connectivity index (χ0n) is 20.1. The van der Waals surface area contributed by atoms with Crippen molar-refractivity contribution in [2.75, 3.05) is 48.4 Å². The number of hydrogen-bond donors (Lipinski definition) is 1. The number of likely N-dealkylation sites (tertiary alicyclic amines) is 1. The predicted octanol–water partition coefficient (Wildman–Crippen LogP) is 2.86. The van der Waals surface area contributed by atoms with Gasteiger partial charge >= 0.3 is 0 Å². The number of aromatic nitrogens is 4. The van der Waals surface area contributed by atoms with Crippen molar-refractivity contribution in [2.45, 2.75) is 44.0 Å². The molecule has 0 aromatic carbocycles. The molecule has 4 fully saturated rings. The Balaban J connectivity index is 1.06. The normalized spacial score (nSPS) is 27.3. The summed E-state index contributed by atoms with van der Waals surface area (Å²) in [6.07, 6.45) is 8.27. The molecule has 0 aliphatic carbocycles. The summed E-state index contributed by atoms with van der Waals surface area (Å²) in [4.78, 5) is 26.0. The van der Waals surface area contributed by atoms with Crippen LogP contribution < -0.4 is 15.1 Å². The van der Waals surface area contributed by atoms with Crippen LogP contribution in [0.2, 0.25) is 0 Å². The second-order valence-electron chi connectivity index (χ2n) is 10.3. The van der Waals surface area contributed by atoms with E-state index in [0.29, 0.717) is 30.2 Å². The second kappa shape index (κ2) is 8.13. The third-order valence-electron chi connectivity index (χ3n) is 7.99. The standard InChI is InChI=1S/C26H30N8O/c1-16-7-18(11-29-25(16)34-13-19-8-20(34)12-32(19)2)30-26-27-6-5-23(31-26)17-3-4-24(28-10-17)33-14-22-9-21(33)15-35-22/h3-7,10-11,19-22H,8-9,12-15H2,1-2H3,(H,27,30,31). The maximum absolute atomic E-state index is 5.71. The average molecular weight is 471 g/mol. The highest BCUT2D eigenvalue weighted by molar-refractivity contribution is 5.64. The Kier molecular flexibility index (Phi) is 4.89. The van der Waals surface area contributed by atoms with Crippen LogP contribution in [-0.4, -0.2) is 82.4 Å². The maximum atomic E-state index is 5.71. The Labute approximate surface area is 205 Å². The third-order valence-corrected chi connectivity index (χ3v) is 7.99. The van der Waals surface area contributed by atoms with E-state index in [2.05, 4.69) is 57.2 Å². The third kappa shape index (κ3) is 3.70. The van der Waals surface area contributed by atoms with Crippen LogP contribution in [0.4, 0.5) is 23.3 Å². The average Bonchev–Trinajstić information content (AvgIpc) is 3.66. The van der Waals surface area contributed by atoms with Crippen molar-refractivity contribution in [3.05, 3.63) is 48.4 Å². The summed E-state index contributed by atoms with van der Waals surface area (Å²) in [6.45, 7) is 6.05. The van der Waals surface area contributed by atoms with Gasteiger partial charge in [0, 0.05) is 49.7 Å². The van der Waals surface area contributed by atoms with E-state index in [4.69, 9.17) is 19.7 Å². The van der Waals surface area contributed by atoms with Crippen molar-refractivity contribution in [2.24, 2.45) is 0 Å². The summed E-state index contributed by atoms with van der Waals surface area (Å²) in [5.41, 5.74) is 3.87. The van der Waals surface area contributed by atoms with E-state index < -0.39 is 0 Å². The number of piperazine rings is 1. The fourth-order valence-corrected chi connectivity index (χ4v) is 6.16. The molecule has 4 aliphatic rings. The largest absolute Gasteiger partial charge is 0.374 e. The van der Waals surface area contributed by atoms with E-state index in [0.717, 1.165) is 61.2 Å². The SMILES string of the molecule is Cc1cc(Nc2nccc(-c3ccc(N4CC5CC4CO5)nc3)n2)cnc1N1CC2CC1CN2C. The smallest absolute Gasteiger partial charge is 0.227 e. The fraction of sp³-hybridized carbons (Fsp3) is 0.462. The van der Waals surface area contributed by atoms with Crippen molar-refractivity contribution < 1.29 is 4.74 Å². The molecule has 0 spiro atoms. The number of rotatable bonds is 5. The van der Waals surface area contributed by atoms with Gasteiger partial charge in [-0.05, 0) is 56.6 Å². The number of ether oxygens (including phenoxy) is 1. The minimum absolute atomic E-state index is 0.358. The van der Waals surface area contributed by atoms with Crippen LogP contribution >= 0.6 is 0 Å². The van der Waals surface area contributed by atoms with Gasteiger partial charge in [0.2, 0.25) is 5.95 Å². The van der Waals surface area contributed by atoms with Crippen LogP contribution in [0, 0.1) is 6.92 Å². The van der Waals surface area contributed by atoms with Crippen molar-refractivity contribution in [1.29, 1.82) is 0 Å². The molecular weight excluding hydrogens is 440 g/mol. The van der Waals surface area contributed by atoms with Crippen molar-refractivity contribution in [3.63, 3.8) is 0 Å². The predicted molar refractivity (Wildman–Crippen MR) is 135 cm³/mol. The minimum atomic E-state index is 0.358. The Bertz CT molecular complexity index is 1250. The highest BCUT2D eigenvalue weighted by atomic mass is 16.5. The van der Waals surface area contributed by atoms with E-state index in [-0.39, 0.29) is 0 Å². The fourth-order valence-electron chi connectivity index (χ4n) is 6.16. The van der Waals surface area contributed by atoms with Gasteiger partial charge in [0.05, 0.1) is 36.3 Å². The molecule has 180 valence electrons. The van der Waals surface area contributed by atoms with Gasteiger partial charge in [-0.1, -0.05) is 0 Å². The summed E-state index contributed by atoms with van der Waals surface area (Å²) in [7, 11) is 2.22. The first-order valence-electron chi connectivity index (χ1n) is 12.5. The van der Waals surface area contributed by atoms with Crippen molar-refractivity contribution in [1.82, 2.24) is 24.8 Å². The lowest BCUT2D eigenvalue weighted by molar-refractivity contribution is 0.0989. The first kappa shape index (κ1) is 21.0. The number of nitrogens with one attached hydrogen (secondary N) is 1. The number of morpholine rings is 1. The molecule has 4 unspecified atom stereocenters. The van der Waals surface area contributed by atoms with E-state index >= 15 is 0 Å². The van der Waals surface area contributed by atoms with Crippen LogP contribution in [0.1, 0.15) is 18.4 Å². The second-order valence-corrected chi connectivity index (χ2v) is 10.3. The van der Waals surface area contributed by atoms with Gasteiger partial charge in [-0.2, -0.15) is 0 Å². The summed E-state index contributed by atoms with van der Waals surface area (Å²) < 4.78 is 5.71. The molecule has 0 radical (unpaired) electrons. The Morgan fingerprint density at radius 3 is 2.57 bits per heavy atom. The summed E-state index contributed by atoms with van der Waals surface area (Å²) in [5.74, 6) is 2.66. The lowest BCUT2D eigenvalue weighted by atomic mass is 10.2. The Morgan fingerprint density at radius 2 is 1.89 bits per heavy atom. The molecule has 3 aromatic rings. The Morgan fingerprint density at radius 1 is 0.943 bits per heavy atom. The van der Waals surface area contributed by atoms with Crippen molar-refractivity contribution >= 4 is 23.3 Å². The van der Waals surface area contributed by atoms with Gasteiger partial charge in [0.25, 0.3) is 0 Å². The van der Waals surface area contributed by atoms with Gasteiger partial charge < -0.3 is 19.9 Å². The van der Waals surface area contributed by atoms with Crippen LogP contribution in [0.15, 0.2) is 42.9 Å². The molecule has 7 rings (SSSR count). The number of hydrogen-bond acceptors (Lipinski definition) is 9. The number of nitrogens with zero attached hydrogens (tertiary/aromatic N) is 7. The molecule has 4 aliphatic heterocycles. The quantitative estimate of drug-likeness (QED) is 0.605. The lowest BCUT2D eigenvalue weighted by Crippen LogP contribution is -2.45.